The van der Waals surface area contributed by atoms with Crippen LogP contribution in [0.25, 0.3) is 10.4 Å². The van der Waals surface area contributed by atoms with Gasteiger partial charge >= 0.3 is 0 Å². The van der Waals surface area contributed by atoms with Crippen LogP contribution in [0.1, 0.15) is 6.42 Å². The van der Waals surface area contributed by atoms with E-state index in [2.05, 4.69) is 26.0 Å². The fraction of sp³-hybridized carbons (Fsp3) is 0.333. The number of ether oxygens (including phenoxy) is 1. The van der Waals surface area contributed by atoms with Crippen LogP contribution in [0.2, 0.25) is 0 Å². The lowest BCUT2D eigenvalue weighted by Crippen LogP contribution is -2.01. The van der Waals surface area contributed by atoms with Gasteiger partial charge in [-0.2, -0.15) is 0 Å². The second-order valence-corrected chi connectivity index (χ2v) is 3.71. The molecule has 1 aromatic carbocycles. The van der Waals surface area contributed by atoms with Crippen LogP contribution >= 0.6 is 15.9 Å². The Morgan fingerprint density at radius 2 is 2.19 bits per heavy atom. The lowest BCUT2D eigenvalue weighted by molar-refractivity contribution is 0.294. The molecular weight excluding hydrogens is 284 g/mol. The molecule has 0 atom stereocenters. The van der Waals surface area contributed by atoms with Crippen molar-refractivity contribution in [3.8, 4) is 5.75 Å². The van der Waals surface area contributed by atoms with Crippen LogP contribution in [-0.2, 0) is 0 Å². The van der Waals surface area contributed by atoms with Crippen LogP contribution in [0.4, 0.5) is 8.78 Å². The Morgan fingerprint density at radius 1 is 1.44 bits per heavy atom. The largest absolute Gasteiger partial charge is 0.489 e. The molecule has 0 aliphatic rings. The number of nitrogens with zero attached hydrogens (tertiary/aromatic N) is 3. The molecule has 16 heavy (non-hydrogen) atoms. The summed E-state index contributed by atoms with van der Waals surface area (Å²) in [6, 6.07) is 1.86. The molecule has 0 saturated heterocycles. The molecule has 0 radical (unpaired) electrons. The minimum atomic E-state index is -0.768. The van der Waals surface area contributed by atoms with Crippen molar-refractivity contribution in [2.75, 3.05) is 13.2 Å². The van der Waals surface area contributed by atoms with Gasteiger partial charge in [-0.1, -0.05) is 5.11 Å². The zero-order valence-corrected chi connectivity index (χ0v) is 9.75. The van der Waals surface area contributed by atoms with Crippen LogP contribution in [0.3, 0.4) is 0 Å². The van der Waals surface area contributed by atoms with Crippen LogP contribution in [0, 0.1) is 11.6 Å². The van der Waals surface area contributed by atoms with E-state index >= 15 is 0 Å². The second kappa shape index (κ2) is 6.30. The first-order valence-electron chi connectivity index (χ1n) is 4.43. The third-order valence-electron chi connectivity index (χ3n) is 1.68. The van der Waals surface area contributed by atoms with Crippen molar-refractivity contribution in [2.45, 2.75) is 6.42 Å². The van der Waals surface area contributed by atoms with Crippen molar-refractivity contribution >= 4 is 15.9 Å². The molecule has 86 valence electrons. The summed E-state index contributed by atoms with van der Waals surface area (Å²) in [6.07, 6.45) is 0.466. The van der Waals surface area contributed by atoms with E-state index in [4.69, 9.17) is 10.3 Å². The first-order valence-corrected chi connectivity index (χ1v) is 5.22. The van der Waals surface area contributed by atoms with E-state index in [0.29, 0.717) is 6.42 Å². The number of hydrogen-bond donors (Lipinski definition) is 0. The Labute approximate surface area is 99.0 Å². The van der Waals surface area contributed by atoms with E-state index in [0.717, 1.165) is 12.1 Å². The quantitative estimate of drug-likeness (QED) is 0.352. The predicted octanol–water partition coefficient (Wildman–Crippen LogP) is 3.81. The monoisotopic (exact) mass is 291 g/mol. The highest BCUT2D eigenvalue weighted by Crippen LogP contribution is 2.29. The van der Waals surface area contributed by atoms with Crippen molar-refractivity contribution in [2.24, 2.45) is 5.11 Å². The van der Waals surface area contributed by atoms with Gasteiger partial charge in [-0.25, -0.2) is 8.78 Å². The molecule has 0 bridgehead atoms. The van der Waals surface area contributed by atoms with E-state index in [9.17, 15) is 8.78 Å². The first kappa shape index (κ1) is 12.7. The number of halogens is 3. The number of rotatable bonds is 5. The lowest BCUT2D eigenvalue weighted by Gasteiger charge is -2.08. The lowest BCUT2D eigenvalue weighted by atomic mass is 10.3. The maximum absolute atomic E-state index is 13.2. The average Bonchev–Trinajstić information content (AvgIpc) is 2.20. The Hall–Kier alpha value is -1.33. The van der Waals surface area contributed by atoms with Crippen molar-refractivity contribution in [3.63, 3.8) is 0 Å². The van der Waals surface area contributed by atoms with Gasteiger partial charge in [0, 0.05) is 17.5 Å². The molecule has 0 unspecified atom stereocenters. The molecule has 0 aliphatic heterocycles. The number of hydrogen-bond acceptors (Lipinski definition) is 2. The van der Waals surface area contributed by atoms with Gasteiger partial charge in [0.2, 0.25) is 0 Å². The molecule has 1 aromatic rings. The van der Waals surface area contributed by atoms with Gasteiger partial charge in [0.15, 0.2) is 11.6 Å². The molecule has 0 aliphatic carbocycles. The summed E-state index contributed by atoms with van der Waals surface area (Å²) in [4.78, 5) is 2.56. The van der Waals surface area contributed by atoms with E-state index in [1.165, 1.54) is 0 Å². The van der Waals surface area contributed by atoms with Crippen molar-refractivity contribution < 1.29 is 13.5 Å². The van der Waals surface area contributed by atoms with Crippen LogP contribution in [0.5, 0.6) is 5.75 Å². The topological polar surface area (TPSA) is 58.0 Å². The van der Waals surface area contributed by atoms with Crippen LogP contribution in [-0.4, -0.2) is 13.2 Å². The SMILES string of the molecule is [N-]=[N+]=NCCCOc1c(F)cc(F)cc1Br. The molecule has 1 rings (SSSR count). The van der Waals surface area contributed by atoms with E-state index in [1.807, 2.05) is 0 Å². The molecule has 0 heterocycles. The molecule has 0 aromatic heterocycles. The highest BCUT2D eigenvalue weighted by atomic mass is 79.9. The van der Waals surface area contributed by atoms with Gasteiger partial charge < -0.3 is 4.74 Å². The summed E-state index contributed by atoms with van der Waals surface area (Å²) >= 11 is 2.99. The fourth-order valence-electron chi connectivity index (χ4n) is 1.02. The van der Waals surface area contributed by atoms with Crippen LogP contribution < -0.4 is 4.74 Å². The third-order valence-corrected chi connectivity index (χ3v) is 2.26. The van der Waals surface area contributed by atoms with Crippen molar-refractivity contribution in [1.29, 1.82) is 0 Å². The van der Waals surface area contributed by atoms with Gasteiger partial charge in [0.05, 0.1) is 11.1 Å². The Morgan fingerprint density at radius 3 is 2.81 bits per heavy atom. The summed E-state index contributed by atoms with van der Waals surface area (Å²) in [5.74, 6) is -1.48. The maximum atomic E-state index is 13.2. The summed E-state index contributed by atoms with van der Waals surface area (Å²) < 4.78 is 31.2. The van der Waals surface area contributed by atoms with Crippen molar-refractivity contribution in [3.05, 3.63) is 38.7 Å². The zero-order valence-electron chi connectivity index (χ0n) is 8.16. The molecule has 0 N–H and O–H groups in total. The Bertz CT molecular complexity index is 398. The normalized spacial score (nSPS) is 9.69. The summed E-state index contributed by atoms with van der Waals surface area (Å²) in [5.41, 5.74) is 8.01. The Balaban J connectivity index is 2.57. The van der Waals surface area contributed by atoms with E-state index in [1.54, 1.807) is 0 Å². The van der Waals surface area contributed by atoms with Crippen LogP contribution in [0.15, 0.2) is 21.7 Å². The van der Waals surface area contributed by atoms with Crippen molar-refractivity contribution in [1.82, 2.24) is 0 Å². The van der Waals surface area contributed by atoms with E-state index < -0.39 is 11.6 Å². The molecule has 0 spiro atoms. The van der Waals surface area contributed by atoms with Gasteiger partial charge in [-0.3, -0.25) is 0 Å². The van der Waals surface area contributed by atoms with Gasteiger partial charge in [-0.05, 0) is 33.9 Å². The highest BCUT2D eigenvalue weighted by molar-refractivity contribution is 9.10. The summed E-state index contributed by atoms with van der Waals surface area (Å²) in [7, 11) is 0. The van der Waals surface area contributed by atoms with Gasteiger partial charge in [0.1, 0.15) is 5.82 Å². The van der Waals surface area contributed by atoms with E-state index in [-0.39, 0.29) is 23.4 Å². The second-order valence-electron chi connectivity index (χ2n) is 2.86. The number of benzene rings is 1. The average molecular weight is 292 g/mol. The van der Waals surface area contributed by atoms with Gasteiger partial charge in [0.25, 0.3) is 0 Å². The first-order chi connectivity index (χ1) is 7.65. The van der Waals surface area contributed by atoms with Gasteiger partial charge in [-0.15, -0.1) is 0 Å². The number of azide groups is 1. The smallest absolute Gasteiger partial charge is 0.169 e. The molecule has 7 heteroatoms. The fourth-order valence-corrected chi connectivity index (χ4v) is 1.54. The third kappa shape index (κ3) is 3.67. The maximum Gasteiger partial charge on any atom is 0.169 e. The molecule has 0 saturated carbocycles. The molecule has 4 nitrogen and oxygen atoms in total. The molecule has 0 amide bonds. The summed E-state index contributed by atoms with van der Waals surface area (Å²) in [5, 5.41) is 3.30. The standard InChI is InChI=1S/C9H8BrF2N3O/c10-7-4-6(11)5-8(12)9(7)16-3-1-2-14-15-13/h4-5H,1-3H2. The zero-order chi connectivity index (χ0) is 12.0. The minimum Gasteiger partial charge on any atom is -0.489 e. The predicted molar refractivity (Wildman–Crippen MR) is 58.2 cm³/mol. The molecular formula is C9H8BrF2N3O. The highest BCUT2D eigenvalue weighted by Gasteiger charge is 2.10. The minimum absolute atomic E-state index is 0.0395. The molecule has 0 fully saturated rings. The Kier molecular flexibility index (Phi) is 5.01. The summed E-state index contributed by atoms with van der Waals surface area (Å²) in [6.45, 7) is 0.469.